The normalized spacial score (nSPS) is 12.6. The Balaban J connectivity index is 0.756. The van der Waals surface area contributed by atoms with Gasteiger partial charge in [0.1, 0.15) is 0 Å². The molecule has 0 saturated carbocycles. The molecule has 0 fully saturated rings. The third kappa shape index (κ3) is 6.46. The molecule has 23 aromatic rings. The predicted octanol–water partition coefficient (Wildman–Crippen LogP) is 22.5. The Morgan fingerprint density at radius 3 is 1.27 bits per heavy atom. The summed E-state index contributed by atoms with van der Waals surface area (Å²) < 4.78 is 9.72. The van der Waals surface area contributed by atoms with Gasteiger partial charge in [-0.2, -0.15) is 0 Å². The van der Waals surface area contributed by atoms with Gasteiger partial charge in [0.05, 0.1) is 77.6 Å². The second-order valence-corrected chi connectivity index (χ2v) is 25.9. The summed E-state index contributed by atoms with van der Waals surface area (Å²) in [5.41, 5.74) is 19.3. The molecular formula is C88H48N8. The Hall–Kier alpha value is -13.0. The van der Waals surface area contributed by atoms with Gasteiger partial charge in [-0.05, 0) is 98.5 Å². The summed E-state index contributed by atoms with van der Waals surface area (Å²) in [5, 5.41) is 23.6. The van der Waals surface area contributed by atoms with E-state index in [-0.39, 0.29) is 0 Å². The number of rotatable bonds is 5. The highest BCUT2D eigenvalue weighted by atomic mass is 15.2. The van der Waals surface area contributed by atoms with Gasteiger partial charge < -0.3 is 8.80 Å². The number of hydrogen-bond donors (Lipinski definition) is 0. The van der Waals surface area contributed by atoms with E-state index in [9.17, 15) is 0 Å². The van der Waals surface area contributed by atoms with E-state index in [0.717, 1.165) is 93.8 Å². The summed E-state index contributed by atoms with van der Waals surface area (Å²) in [5.74, 6) is 1.26. The average Bonchev–Trinajstić information content (AvgIpc) is 1.52. The molecule has 0 amide bonds. The number of hydrogen-bond acceptors (Lipinski definition) is 4. The lowest BCUT2D eigenvalue weighted by Crippen LogP contribution is -2.03. The molecule has 8 heterocycles. The number of nitrogens with zero attached hydrogens (tertiary/aromatic N) is 8. The van der Waals surface area contributed by atoms with E-state index in [1.807, 2.05) is 0 Å². The molecule has 8 heteroatoms. The first-order chi connectivity index (χ1) is 47.7. The number of benzene rings is 15. The maximum Gasteiger partial charge on any atom is 0.235 e. The number of fused-ring (bicyclic) bond motifs is 27. The molecule has 8 nitrogen and oxygen atoms in total. The van der Waals surface area contributed by atoms with Crippen molar-refractivity contribution >= 4 is 174 Å². The van der Waals surface area contributed by atoms with E-state index in [1.54, 1.807) is 0 Å². The molecular weight excluding hydrogens is 1170 g/mol. The van der Waals surface area contributed by atoms with Crippen molar-refractivity contribution in [1.29, 1.82) is 0 Å². The van der Waals surface area contributed by atoms with Crippen LogP contribution in [0.15, 0.2) is 291 Å². The molecule has 0 unspecified atom stereocenters. The third-order valence-corrected chi connectivity index (χ3v) is 21.2. The fraction of sp³-hybridized carbons (Fsp3) is 0. The first kappa shape index (κ1) is 50.6. The highest BCUT2D eigenvalue weighted by Gasteiger charge is 2.30. The van der Waals surface area contributed by atoms with Crippen LogP contribution in [0.5, 0.6) is 0 Å². The molecule has 440 valence electrons. The third-order valence-electron chi connectivity index (χ3n) is 21.2. The Kier molecular flexibility index (Phi) is 9.69. The van der Waals surface area contributed by atoms with Crippen LogP contribution < -0.4 is 0 Å². The minimum absolute atomic E-state index is 0.629. The number of para-hydroxylation sites is 6. The Morgan fingerprint density at radius 1 is 0.208 bits per heavy atom. The molecule has 23 rings (SSSR count). The van der Waals surface area contributed by atoms with Crippen molar-refractivity contribution in [3.63, 3.8) is 0 Å². The molecule has 0 N–H and O–H groups in total. The van der Waals surface area contributed by atoms with Crippen molar-refractivity contribution in [3.05, 3.63) is 291 Å². The van der Waals surface area contributed by atoms with E-state index in [0.29, 0.717) is 11.9 Å². The molecule has 0 bridgehead atoms. The fourth-order valence-corrected chi connectivity index (χ4v) is 17.3. The van der Waals surface area contributed by atoms with E-state index in [2.05, 4.69) is 309 Å². The van der Waals surface area contributed by atoms with Crippen LogP contribution in [-0.4, -0.2) is 37.9 Å². The van der Waals surface area contributed by atoms with Crippen LogP contribution in [-0.2, 0) is 0 Å². The lowest BCUT2D eigenvalue weighted by atomic mass is 9.94. The van der Waals surface area contributed by atoms with Crippen molar-refractivity contribution in [2.45, 2.75) is 0 Å². The van der Waals surface area contributed by atoms with Gasteiger partial charge in [-0.3, -0.25) is 9.13 Å². The van der Waals surface area contributed by atoms with Gasteiger partial charge in [0.25, 0.3) is 0 Å². The summed E-state index contributed by atoms with van der Waals surface area (Å²) in [7, 11) is 0. The van der Waals surface area contributed by atoms with Crippen LogP contribution in [0.3, 0.4) is 0 Å². The molecule has 0 aliphatic carbocycles. The predicted molar refractivity (Wildman–Crippen MR) is 399 cm³/mol. The minimum Gasteiger partial charge on any atom is -0.308 e. The number of aromatic nitrogens is 8. The SMILES string of the molecule is c1ccc2c(-c3nc(-n4c5ccccc5c5c6c7ccccc7n7c8c(-c9ccc(-c%10nc(-n%11c%12ccccc%12c%12c%13c%14ccccc%14n%14c%15ccc%16ccccc%16c%15c(cc%12%11)c%13%14)nc%11ccccc%10%11)cc9)cc9ccccc9c8c(cc54)c67)nc4ccccc34)cccc2c1. The molecule has 15 aromatic carbocycles. The fourth-order valence-electron chi connectivity index (χ4n) is 17.3. The molecule has 96 heavy (non-hydrogen) atoms. The Bertz CT molecular complexity index is 7380. The standard InChI is InChI=1S/C88H48N8/c1-4-24-54-49(20-1)23-19-33-57(54)83-59-28-8-14-35-68(59)90-88(92-83)95-71-38-17-10-30-61(71)79-75(95)48-66-77-56-26-6-3-22-53(56)46-64(84(77)96-72-39-18-12-32-63(72)81(79)86(66)96)51-40-42-52(43-41-51)82-58-27-7-13-34-67(58)89-87(91-82)94-70-37-16-9-29-60(70)78-74(94)47-65-76-55-25-5-2-21-50(55)44-45-73(76)93-69-36-15-11-31-62(69)80(78)85(65)93/h1-48H. The minimum atomic E-state index is 0.629. The molecule has 8 aromatic heterocycles. The van der Waals surface area contributed by atoms with Crippen LogP contribution in [0, 0.1) is 0 Å². The summed E-state index contributed by atoms with van der Waals surface area (Å²) in [6, 6.07) is 106. The highest BCUT2D eigenvalue weighted by molar-refractivity contribution is 6.40. The van der Waals surface area contributed by atoms with Crippen molar-refractivity contribution in [2.24, 2.45) is 0 Å². The monoisotopic (exact) mass is 1220 g/mol. The van der Waals surface area contributed by atoms with Crippen LogP contribution in [0.1, 0.15) is 0 Å². The maximum absolute atomic E-state index is 5.74. The van der Waals surface area contributed by atoms with Gasteiger partial charge in [0.2, 0.25) is 11.9 Å². The Morgan fingerprint density at radius 2 is 0.646 bits per heavy atom. The molecule has 0 radical (unpaired) electrons. The van der Waals surface area contributed by atoms with Crippen molar-refractivity contribution < 1.29 is 0 Å². The highest BCUT2D eigenvalue weighted by Crippen LogP contribution is 2.52. The smallest absolute Gasteiger partial charge is 0.235 e. The van der Waals surface area contributed by atoms with Crippen molar-refractivity contribution in [3.8, 4) is 45.5 Å². The van der Waals surface area contributed by atoms with Crippen molar-refractivity contribution in [2.75, 3.05) is 0 Å². The zero-order valence-electron chi connectivity index (χ0n) is 51.3. The van der Waals surface area contributed by atoms with Gasteiger partial charge in [0.15, 0.2) is 0 Å². The zero-order chi connectivity index (χ0) is 62.2. The quantitative estimate of drug-likeness (QED) is 0.172. The van der Waals surface area contributed by atoms with E-state index >= 15 is 0 Å². The van der Waals surface area contributed by atoms with Crippen molar-refractivity contribution in [1.82, 2.24) is 37.9 Å². The topological polar surface area (TPSA) is 70.2 Å². The molecule has 0 saturated heterocycles. The first-order valence-electron chi connectivity index (χ1n) is 32.9. The maximum atomic E-state index is 5.74. The molecule has 0 atom stereocenters. The summed E-state index contributed by atoms with van der Waals surface area (Å²) in [4.78, 5) is 22.4. The van der Waals surface area contributed by atoms with Crippen LogP contribution in [0.4, 0.5) is 0 Å². The molecule has 0 aliphatic heterocycles. The summed E-state index contributed by atoms with van der Waals surface area (Å²) in [6.07, 6.45) is 0. The van der Waals surface area contributed by atoms with Gasteiger partial charge >= 0.3 is 0 Å². The lowest BCUT2D eigenvalue weighted by molar-refractivity contribution is 1.01. The lowest BCUT2D eigenvalue weighted by Gasteiger charge is -2.13. The first-order valence-corrected chi connectivity index (χ1v) is 32.9. The van der Waals surface area contributed by atoms with Gasteiger partial charge in [-0.25, -0.2) is 19.9 Å². The summed E-state index contributed by atoms with van der Waals surface area (Å²) in [6.45, 7) is 0. The van der Waals surface area contributed by atoms with Gasteiger partial charge in [0, 0.05) is 92.1 Å². The molecule has 0 aliphatic rings. The van der Waals surface area contributed by atoms with Gasteiger partial charge in [-0.1, -0.05) is 231 Å². The molecule has 0 spiro atoms. The second kappa shape index (κ2) is 18.4. The van der Waals surface area contributed by atoms with E-state index in [4.69, 9.17) is 19.9 Å². The van der Waals surface area contributed by atoms with Crippen LogP contribution >= 0.6 is 0 Å². The van der Waals surface area contributed by atoms with Crippen LogP contribution in [0.2, 0.25) is 0 Å². The second-order valence-electron chi connectivity index (χ2n) is 25.9. The summed E-state index contributed by atoms with van der Waals surface area (Å²) >= 11 is 0. The zero-order valence-corrected chi connectivity index (χ0v) is 51.3. The van der Waals surface area contributed by atoms with E-state index < -0.39 is 0 Å². The van der Waals surface area contributed by atoms with Gasteiger partial charge in [-0.15, -0.1) is 0 Å². The largest absolute Gasteiger partial charge is 0.308 e. The van der Waals surface area contributed by atoms with E-state index in [1.165, 1.54) is 114 Å². The average molecular weight is 1220 g/mol. The Labute approximate surface area is 545 Å². The van der Waals surface area contributed by atoms with Crippen LogP contribution in [0.25, 0.3) is 219 Å².